The summed E-state index contributed by atoms with van der Waals surface area (Å²) in [6, 6.07) is 2.46. The Balaban J connectivity index is 1.58. The molecule has 0 atom stereocenters. The van der Waals surface area contributed by atoms with Crippen LogP contribution in [0.1, 0.15) is 28.8 Å². The standard InChI is InChI=1S/C15H19N3OS/c16-7-12-11-1-4-17-8-13(11)20-14(12)18-9-15(10-18)2-5-19-6-3-15/h17H,1-6,8-10H2. The van der Waals surface area contributed by atoms with Crippen molar-refractivity contribution in [2.24, 2.45) is 5.41 Å². The molecular weight excluding hydrogens is 270 g/mol. The van der Waals surface area contributed by atoms with Crippen molar-refractivity contribution in [2.75, 3.05) is 37.7 Å². The maximum Gasteiger partial charge on any atom is 0.110 e. The van der Waals surface area contributed by atoms with Crippen molar-refractivity contribution >= 4 is 16.3 Å². The van der Waals surface area contributed by atoms with Crippen molar-refractivity contribution in [3.8, 4) is 6.07 Å². The minimum atomic E-state index is 0.466. The lowest BCUT2D eigenvalue weighted by atomic mass is 9.73. The molecule has 0 unspecified atom stereocenters. The van der Waals surface area contributed by atoms with E-state index in [-0.39, 0.29) is 0 Å². The predicted molar refractivity (Wildman–Crippen MR) is 79.1 cm³/mol. The molecule has 2 saturated heterocycles. The molecule has 1 N–H and O–H groups in total. The molecule has 4 nitrogen and oxygen atoms in total. The highest BCUT2D eigenvalue weighted by Gasteiger charge is 2.45. The van der Waals surface area contributed by atoms with Crippen LogP contribution >= 0.6 is 11.3 Å². The number of nitrogens with one attached hydrogen (secondary N) is 1. The Bertz CT molecular complexity index is 560. The molecule has 20 heavy (non-hydrogen) atoms. The Labute approximate surface area is 123 Å². The van der Waals surface area contributed by atoms with Crippen LogP contribution in [0, 0.1) is 16.7 Å². The second kappa shape index (κ2) is 4.73. The lowest BCUT2D eigenvalue weighted by Gasteiger charge is -2.52. The molecule has 106 valence electrons. The van der Waals surface area contributed by atoms with Gasteiger partial charge in [0.15, 0.2) is 0 Å². The number of thiophene rings is 1. The van der Waals surface area contributed by atoms with Crippen LogP contribution in [0.15, 0.2) is 0 Å². The lowest BCUT2D eigenvalue weighted by molar-refractivity contribution is 0.0000189. The Morgan fingerprint density at radius 2 is 2.10 bits per heavy atom. The topological polar surface area (TPSA) is 48.3 Å². The maximum absolute atomic E-state index is 9.52. The third kappa shape index (κ3) is 1.86. The van der Waals surface area contributed by atoms with Gasteiger partial charge in [-0.1, -0.05) is 0 Å². The molecule has 0 saturated carbocycles. The SMILES string of the molecule is N#Cc1c(N2CC3(CCOCC3)C2)sc2c1CCNC2. The van der Waals surface area contributed by atoms with Crippen molar-refractivity contribution in [2.45, 2.75) is 25.8 Å². The second-order valence-electron chi connectivity index (χ2n) is 6.19. The van der Waals surface area contributed by atoms with E-state index in [1.807, 2.05) is 11.3 Å². The fourth-order valence-electron chi connectivity index (χ4n) is 3.69. The normalized spacial score (nSPS) is 24.1. The lowest BCUT2D eigenvalue weighted by Crippen LogP contribution is -2.58. The van der Waals surface area contributed by atoms with Gasteiger partial charge in [-0.2, -0.15) is 5.26 Å². The average molecular weight is 289 g/mol. The van der Waals surface area contributed by atoms with Gasteiger partial charge in [0.1, 0.15) is 11.1 Å². The molecule has 3 aliphatic heterocycles. The van der Waals surface area contributed by atoms with Crippen LogP contribution < -0.4 is 10.2 Å². The first kappa shape index (κ1) is 12.6. The summed E-state index contributed by atoms with van der Waals surface area (Å²) in [6.07, 6.45) is 3.36. The van der Waals surface area contributed by atoms with E-state index < -0.39 is 0 Å². The minimum absolute atomic E-state index is 0.466. The molecule has 4 rings (SSSR count). The number of nitrogens with zero attached hydrogens (tertiary/aromatic N) is 2. The maximum atomic E-state index is 9.52. The van der Waals surface area contributed by atoms with Crippen LogP contribution in [-0.4, -0.2) is 32.8 Å². The largest absolute Gasteiger partial charge is 0.381 e. The van der Waals surface area contributed by atoms with E-state index in [1.54, 1.807) is 0 Å². The van der Waals surface area contributed by atoms with E-state index in [0.29, 0.717) is 5.41 Å². The zero-order valence-corrected chi connectivity index (χ0v) is 12.4. The molecule has 3 aliphatic rings. The van der Waals surface area contributed by atoms with Crippen LogP contribution in [0.2, 0.25) is 0 Å². The molecule has 5 heteroatoms. The summed E-state index contributed by atoms with van der Waals surface area (Å²) in [6.45, 7) is 5.96. The summed E-state index contributed by atoms with van der Waals surface area (Å²) in [7, 11) is 0. The van der Waals surface area contributed by atoms with Gasteiger partial charge in [0.2, 0.25) is 0 Å². The third-order valence-electron chi connectivity index (χ3n) is 4.91. The van der Waals surface area contributed by atoms with Crippen molar-refractivity contribution in [3.05, 3.63) is 16.0 Å². The zero-order chi connectivity index (χ0) is 13.6. The summed E-state index contributed by atoms with van der Waals surface area (Å²) in [5.41, 5.74) is 2.72. The van der Waals surface area contributed by atoms with Crippen LogP contribution in [0.4, 0.5) is 5.00 Å². The number of hydrogen-bond donors (Lipinski definition) is 1. The van der Waals surface area contributed by atoms with Gasteiger partial charge in [0, 0.05) is 43.1 Å². The first-order valence-corrected chi connectivity index (χ1v) is 8.21. The van der Waals surface area contributed by atoms with E-state index in [4.69, 9.17) is 4.74 Å². The van der Waals surface area contributed by atoms with E-state index in [0.717, 1.165) is 51.4 Å². The van der Waals surface area contributed by atoms with Gasteiger partial charge in [-0.25, -0.2) is 0 Å². The van der Waals surface area contributed by atoms with Crippen LogP contribution in [0.5, 0.6) is 0 Å². The first-order chi connectivity index (χ1) is 9.81. The molecule has 0 radical (unpaired) electrons. The first-order valence-electron chi connectivity index (χ1n) is 7.39. The number of hydrogen-bond acceptors (Lipinski definition) is 5. The molecule has 4 heterocycles. The fraction of sp³-hybridized carbons (Fsp3) is 0.667. The number of fused-ring (bicyclic) bond motifs is 1. The Morgan fingerprint density at radius 3 is 2.85 bits per heavy atom. The summed E-state index contributed by atoms with van der Waals surface area (Å²) in [5, 5.41) is 14.1. The zero-order valence-electron chi connectivity index (χ0n) is 11.6. The molecule has 0 bridgehead atoms. The number of anilines is 1. The highest BCUT2D eigenvalue weighted by molar-refractivity contribution is 7.16. The van der Waals surface area contributed by atoms with Gasteiger partial charge in [0.05, 0.1) is 5.56 Å². The predicted octanol–water partition coefficient (Wildman–Crippen LogP) is 1.88. The third-order valence-corrected chi connectivity index (χ3v) is 6.21. The second-order valence-corrected chi connectivity index (χ2v) is 7.27. The van der Waals surface area contributed by atoms with Crippen LogP contribution in [-0.2, 0) is 17.7 Å². The summed E-state index contributed by atoms with van der Waals surface area (Å²) < 4.78 is 5.48. The number of nitriles is 1. The van der Waals surface area contributed by atoms with Gasteiger partial charge in [0.25, 0.3) is 0 Å². The Kier molecular flexibility index (Phi) is 2.99. The molecule has 1 aromatic heterocycles. The minimum Gasteiger partial charge on any atom is -0.381 e. The van der Waals surface area contributed by atoms with Gasteiger partial charge >= 0.3 is 0 Å². The van der Waals surface area contributed by atoms with E-state index in [9.17, 15) is 5.26 Å². The van der Waals surface area contributed by atoms with Gasteiger partial charge < -0.3 is 15.0 Å². The van der Waals surface area contributed by atoms with E-state index >= 15 is 0 Å². The van der Waals surface area contributed by atoms with Gasteiger partial charge in [-0.3, -0.25) is 0 Å². The fourth-order valence-corrected chi connectivity index (χ4v) is 4.95. The van der Waals surface area contributed by atoms with Gasteiger partial charge in [-0.05, 0) is 31.4 Å². The van der Waals surface area contributed by atoms with Crippen molar-refractivity contribution < 1.29 is 4.74 Å². The molecule has 2 fully saturated rings. The summed E-state index contributed by atoms with van der Waals surface area (Å²) >= 11 is 1.83. The molecule has 0 amide bonds. The quantitative estimate of drug-likeness (QED) is 0.857. The van der Waals surface area contributed by atoms with Crippen LogP contribution in [0.3, 0.4) is 0 Å². The summed E-state index contributed by atoms with van der Waals surface area (Å²) in [5.74, 6) is 0. The Hall–Kier alpha value is -1.09. The molecule has 1 aromatic rings. The number of ether oxygens (including phenoxy) is 1. The van der Waals surface area contributed by atoms with Crippen molar-refractivity contribution in [3.63, 3.8) is 0 Å². The van der Waals surface area contributed by atoms with E-state index in [2.05, 4.69) is 16.3 Å². The van der Waals surface area contributed by atoms with Gasteiger partial charge in [-0.15, -0.1) is 11.3 Å². The number of rotatable bonds is 1. The van der Waals surface area contributed by atoms with E-state index in [1.165, 1.54) is 28.3 Å². The molecule has 1 spiro atoms. The molecule has 0 aromatic carbocycles. The Morgan fingerprint density at radius 1 is 1.30 bits per heavy atom. The average Bonchev–Trinajstić information content (AvgIpc) is 2.83. The monoisotopic (exact) mass is 289 g/mol. The highest BCUT2D eigenvalue weighted by atomic mass is 32.1. The smallest absolute Gasteiger partial charge is 0.110 e. The van der Waals surface area contributed by atoms with Crippen molar-refractivity contribution in [1.29, 1.82) is 5.26 Å². The van der Waals surface area contributed by atoms with Crippen molar-refractivity contribution in [1.82, 2.24) is 5.32 Å². The molecule has 0 aliphatic carbocycles. The highest BCUT2D eigenvalue weighted by Crippen LogP contribution is 2.46. The molecular formula is C15H19N3OS. The van der Waals surface area contributed by atoms with Crippen LogP contribution in [0.25, 0.3) is 0 Å². The summed E-state index contributed by atoms with van der Waals surface area (Å²) in [4.78, 5) is 3.79.